The van der Waals surface area contributed by atoms with Crippen molar-refractivity contribution in [1.29, 1.82) is 0 Å². The molecule has 1 rings (SSSR count). The summed E-state index contributed by atoms with van der Waals surface area (Å²) in [6.07, 6.45) is 1.61. The molecule has 0 spiro atoms. The minimum absolute atomic E-state index is 0.130. The van der Waals surface area contributed by atoms with Crippen LogP contribution >= 0.6 is 0 Å². The number of methoxy groups -OCH3 is 2. The molecule has 2 unspecified atom stereocenters. The Morgan fingerprint density at radius 2 is 2.12 bits per heavy atom. The summed E-state index contributed by atoms with van der Waals surface area (Å²) in [5.74, 6) is 0. The summed E-state index contributed by atoms with van der Waals surface area (Å²) in [5, 5.41) is 0. The van der Waals surface area contributed by atoms with Gasteiger partial charge in [0.25, 0.3) is 0 Å². The Balaban J connectivity index is 2.64. The summed E-state index contributed by atoms with van der Waals surface area (Å²) in [6.45, 7) is 4.35. The van der Waals surface area contributed by atoms with Crippen molar-refractivity contribution in [3.63, 3.8) is 0 Å². The average molecular weight is 246 g/mol. The fourth-order valence-electron chi connectivity index (χ4n) is 2.26. The molecule has 0 aromatic carbocycles. The number of hydrogen-bond acceptors (Lipinski definition) is 5. The Hall–Kier alpha value is -0.200. The highest BCUT2D eigenvalue weighted by Crippen LogP contribution is 2.25. The molecular weight excluding hydrogens is 220 g/mol. The molecule has 2 atom stereocenters. The number of rotatable bonds is 7. The van der Waals surface area contributed by atoms with Gasteiger partial charge in [-0.05, 0) is 20.4 Å². The van der Waals surface area contributed by atoms with Gasteiger partial charge in [0.2, 0.25) is 0 Å². The van der Waals surface area contributed by atoms with E-state index in [0.717, 1.165) is 26.1 Å². The maximum Gasteiger partial charge on any atom is 0.158 e. The maximum atomic E-state index is 5.94. The first kappa shape index (κ1) is 14.9. The summed E-state index contributed by atoms with van der Waals surface area (Å²) in [5.41, 5.74) is 5.81. The zero-order chi connectivity index (χ0) is 12.9. The highest BCUT2D eigenvalue weighted by Gasteiger charge is 2.36. The molecule has 1 fully saturated rings. The van der Waals surface area contributed by atoms with Gasteiger partial charge in [-0.1, -0.05) is 0 Å². The molecule has 1 aliphatic heterocycles. The zero-order valence-electron chi connectivity index (χ0n) is 11.4. The molecule has 0 radical (unpaired) electrons. The lowest BCUT2D eigenvalue weighted by molar-refractivity contribution is -0.129. The second-order valence-electron chi connectivity index (χ2n) is 4.93. The molecule has 0 amide bonds. The predicted octanol–water partition coefficient (Wildman–Crippen LogP) is 0.434. The smallest absolute Gasteiger partial charge is 0.158 e. The Bertz CT molecular complexity index is 218. The van der Waals surface area contributed by atoms with Gasteiger partial charge in [0.15, 0.2) is 6.29 Å². The van der Waals surface area contributed by atoms with Crippen LogP contribution in [0.3, 0.4) is 0 Å². The summed E-state index contributed by atoms with van der Waals surface area (Å²) >= 11 is 0. The van der Waals surface area contributed by atoms with Gasteiger partial charge in [-0.3, -0.25) is 4.90 Å². The van der Waals surface area contributed by atoms with Crippen molar-refractivity contribution in [3.8, 4) is 0 Å². The van der Waals surface area contributed by atoms with Crippen LogP contribution in [-0.2, 0) is 14.2 Å². The van der Waals surface area contributed by atoms with E-state index in [-0.39, 0.29) is 11.8 Å². The second kappa shape index (κ2) is 6.66. The zero-order valence-corrected chi connectivity index (χ0v) is 11.4. The van der Waals surface area contributed by atoms with E-state index < -0.39 is 0 Å². The van der Waals surface area contributed by atoms with Crippen molar-refractivity contribution in [2.24, 2.45) is 5.73 Å². The third-order valence-electron chi connectivity index (χ3n) is 3.88. The van der Waals surface area contributed by atoms with E-state index in [1.807, 2.05) is 0 Å². The standard InChI is InChI=1S/C12H26N2O3/c1-12(9-13,7-11(15-3)16-4)14(2)10-5-6-17-8-10/h10-11H,5-9,13H2,1-4H3. The highest BCUT2D eigenvalue weighted by molar-refractivity contribution is 4.91. The average Bonchev–Trinajstić information content (AvgIpc) is 2.88. The molecule has 0 aliphatic carbocycles. The van der Waals surface area contributed by atoms with Crippen LogP contribution in [0.15, 0.2) is 0 Å². The molecule has 0 bridgehead atoms. The summed E-state index contributed by atoms with van der Waals surface area (Å²) < 4.78 is 16.0. The minimum atomic E-state index is -0.215. The summed E-state index contributed by atoms with van der Waals surface area (Å²) in [7, 11) is 5.42. The maximum absolute atomic E-state index is 5.94. The molecule has 1 aliphatic rings. The number of nitrogens with zero attached hydrogens (tertiary/aromatic N) is 1. The van der Waals surface area contributed by atoms with Gasteiger partial charge in [-0.15, -0.1) is 0 Å². The lowest BCUT2D eigenvalue weighted by Gasteiger charge is -2.42. The molecule has 5 heteroatoms. The first-order chi connectivity index (χ1) is 8.07. The van der Waals surface area contributed by atoms with E-state index in [1.165, 1.54) is 0 Å². The molecule has 17 heavy (non-hydrogen) atoms. The van der Waals surface area contributed by atoms with Gasteiger partial charge in [0, 0.05) is 45.4 Å². The first-order valence-corrected chi connectivity index (χ1v) is 6.13. The van der Waals surface area contributed by atoms with E-state index in [4.69, 9.17) is 19.9 Å². The minimum Gasteiger partial charge on any atom is -0.380 e. The van der Waals surface area contributed by atoms with E-state index in [2.05, 4.69) is 18.9 Å². The SMILES string of the molecule is COC(CC(C)(CN)N(C)C1CCOC1)OC. The Morgan fingerprint density at radius 3 is 2.53 bits per heavy atom. The predicted molar refractivity (Wildman–Crippen MR) is 66.9 cm³/mol. The van der Waals surface area contributed by atoms with Crippen molar-refractivity contribution in [1.82, 2.24) is 4.90 Å². The quantitative estimate of drug-likeness (QED) is 0.660. The molecule has 1 saturated heterocycles. The Morgan fingerprint density at radius 1 is 1.47 bits per heavy atom. The van der Waals surface area contributed by atoms with Crippen molar-refractivity contribution in [2.45, 2.75) is 37.6 Å². The second-order valence-corrected chi connectivity index (χ2v) is 4.93. The van der Waals surface area contributed by atoms with E-state index in [1.54, 1.807) is 14.2 Å². The van der Waals surface area contributed by atoms with Crippen LogP contribution in [0.5, 0.6) is 0 Å². The number of hydrogen-bond donors (Lipinski definition) is 1. The summed E-state index contributed by atoms with van der Waals surface area (Å²) in [4.78, 5) is 2.31. The van der Waals surface area contributed by atoms with E-state index in [9.17, 15) is 0 Å². The van der Waals surface area contributed by atoms with Crippen molar-refractivity contribution in [2.75, 3.05) is 41.0 Å². The van der Waals surface area contributed by atoms with Crippen LogP contribution in [0.1, 0.15) is 19.8 Å². The largest absolute Gasteiger partial charge is 0.380 e. The fourth-order valence-corrected chi connectivity index (χ4v) is 2.26. The Labute approximate surface area is 104 Å². The van der Waals surface area contributed by atoms with Gasteiger partial charge in [-0.2, -0.15) is 0 Å². The molecule has 2 N–H and O–H groups in total. The highest BCUT2D eigenvalue weighted by atomic mass is 16.7. The van der Waals surface area contributed by atoms with Gasteiger partial charge in [-0.25, -0.2) is 0 Å². The van der Waals surface area contributed by atoms with E-state index in [0.29, 0.717) is 12.6 Å². The molecule has 0 aromatic rings. The van der Waals surface area contributed by atoms with E-state index >= 15 is 0 Å². The van der Waals surface area contributed by atoms with Crippen LogP contribution < -0.4 is 5.73 Å². The lowest BCUT2D eigenvalue weighted by atomic mass is 9.93. The van der Waals surface area contributed by atoms with Crippen LogP contribution in [0.25, 0.3) is 0 Å². The van der Waals surface area contributed by atoms with Crippen molar-refractivity contribution < 1.29 is 14.2 Å². The van der Waals surface area contributed by atoms with Crippen LogP contribution in [-0.4, -0.2) is 63.8 Å². The topological polar surface area (TPSA) is 57.0 Å². The monoisotopic (exact) mass is 246 g/mol. The molecule has 102 valence electrons. The van der Waals surface area contributed by atoms with Gasteiger partial charge in [0.1, 0.15) is 0 Å². The molecule has 0 aromatic heterocycles. The molecule has 1 heterocycles. The number of likely N-dealkylation sites (N-methyl/N-ethyl adjacent to an activating group) is 1. The molecular formula is C12H26N2O3. The third kappa shape index (κ3) is 3.63. The van der Waals surface area contributed by atoms with Crippen LogP contribution in [0.4, 0.5) is 0 Å². The van der Waals surface area contributed by atoms with Crippen LogP contribution in [0, 0.1) is 0 Å². The van der Waals surface area contributed by atoms with Gasteiger partial charge in [0.05, 0.1) is 6.61 Å². The van der Waals surface area contributed by atoms with Crippen molar-refractivity contribution >= 4 is 0 Å². The third-order valence-corrected chi connectivity index (χ3v) is 3.88. The first-order valence-electron chi connectivity index (χ1n) is 6.13. The summed E-state index contributed by atoms with van der Waals surface area (Å²) in [6, 6.07) is 0.443. The fraction of sp³-hybridized carbons (Fsp3) is 1.00. The van der Waals surface area contributed by atoms with Crippen molar-refractivity contribution in [3.05, 3.63) is 0 Å². The molecule has 0 saturated carbocycles. The molecule has 5 nitrogen and oxygen atoms in total. The lowest BCUT2D eigenvalue weighted by Crippen LogP contribution is -2.56. The van der Waals surface area contributed by atoms with Crippen LogP contribution in [0.2, 0.25) is 0 Å². The van der Waals surface area contributed by atoms with Gasteiger partial charge >= 0.3 is 0 Å². The normalized spacial score (nSPS) is 24.5. The Kier molecular flexibility index (Phi) is 5.82. The number of nitrogens with two attached hydrogens (primary N) is 1. The number of ether oxygens (including phenoxy) is 3. The van der Waals surface area contributed by atoms with Gasteiger partial charge < -0.3 is 19.9 Å².